The zero-order valence-electron chi connectivity index (χ0n) is 10.1. The number of ether oxygens (including phenoxy) is 2. The highest BCUT2D eigenvalue weighted by atomic mass is 16.5. The molecule has 0 saturated carbocycles. The largest absolute Gasteiger partial charge is 0.388 e. The summed E-state index contributed by atoms with van der Waals surface area (Å²) < 4.78 is 9.74. The van der Waals surface area contributed by atoms with Crippen LogP contribution >= 0.6 is 0 Å². The van der Waals surface area contributed by atoms with Crippen molar-refractivity contribution < 1.29 is 9.47 Å². The molecule has 1 aliphatic heterocycles. The Hall–Kier alpha value is -0.0800. The van der Waals surface area contributed by atoms with Gasteiger partial charge in [0.05, 0.1) is 12.2 Å². The van der Waals surface area contributed by atoms with E-state index in [4.69, 9.17) is 4.74 Å². The molecule has 13 heavy (non-hydrogen) atoms. The average molecular weight is 190 g/mol. The van der Waals surface area contributed by atoms with E-state index in [1.807, 2.05) is 13.8 Å². The highest BCUT2D eigenvalue weighted by Crippen LogP contribution is 2.17. The van der Waals surface area contributed by atoms with Crippen molar-refractivity contribution in [2.75, 3.05) is 14.2 Å². The third-order valence-corrected chi connectivity index (χ3v) is 1.69. The fourth-order valence-electron chi connectivity index (χ4n) is 1.23. The summed E-state index contributed by atoms with van der Waals surface area (Å²) in [5, 5.41) is 0. The minimum absolute atomic E-state index is 0.513. The lowest BCUT2D eigenvalue weighted by Gasteiger charge is -2.24. The van der Waals surface area contributed by atoms with Crippen LogP contribution in [0.2, 0.25) is 0 Å². The monoisotopic (exact) mass is 190 g/mol. The molecule has 2 nitrogen and oxygen atoms in total. The maximum Gasteiger partial charge on any atom is 0.0550 e. The molecule has 2 heteroatoms. The van der Waals surface area contributed by atoms with Crippen molar-refractivity contribution in [2.45, 2.75) is 59.2 Å². The Kier molecular flexibility index (Phi) is 14.1. The number of methoxy groups -OCH3 is 1. The van der Waals surface area contributed by atoms with Crippen LogP contribution in [-0.4, -0.2) is 26.4 Å². The molecule has 2 atom stereocenters. The Labute approximate surface area is 83.6 Å². The molecule has 0 spiro atoms. The molecule has 1 fully saturated rings. The van der Waals surface area contributed by atoms with Crippen molar-refractivity contribution in [1.29, 1.82) is 0 Å². The first kappa shape index (κ1) is 15.4. The van der Waals surface area contributed by atoms with Gasteiger partial charge in [-0.05, 0) is 33.1 Å². The van der Waals surface area contributed by atoms with Gasteiger partial charge in [0, 0.05) is 14.2 Å². The molecule has 0 radical (unpaired) electrons. The molecule has 0 aromatic heterocycles. The SMILES string of the molecule is CC.CC1CCCC(C)O1.COC. The summed E-state index contributed by atoms with van der Waals surface area (Å²) in [5.74, 6) is 0. The van der Waals surface area contributed by atoms with Crippen molar-refractivity contribution in [1.82, 2.24) is 0 Å². The minimum atomic E-state index is 0.513. The number of hydrogen-bond donors (Lipinski definition) is 0. The van der Waals surface area contributed by atoms with Crippen molar-refractivity contribution in [3.8, 4) is 0 Å². The number of hydrogen-bond acceptors (Lipinski definition) is 2. The summed E-state index contributed by atoms with van der Waals surface area (Å²) in [4.78, 5) is 0. The maximum atomic E-state index is 5.49. The van der Waals surface area contributed by atoms with Crippen molar-refractivity contribution in [2.24, 2.45) is 0 Å². The summed E-state index contributed by atoms with van der Waals surface area (Å²) in [6.45, 7) is 8.30. The molecule has 1 rings (SSSR count). The third kappa shape index (κ3) is 11.9. The van der Waals surface area contributed by atoms with Gasteiger partial charge < -0.3 is 9.47 Å². The van der Waals surface area contributed by atoms with Gasteiger partial charge in [0.1, 0.15) is 0 Å². The summed E-state index contributed by atoms with van der Waals surface area (Å²) in [6, 6.07) is 0. The molecular weight excluding hydrogens is 164 g/mol. The van der Waals surface area contributed by atoms with Crippen molar-refractivity contribution >= 4 is 0 Å². The van der Waals surface area contributed by atoms with Crippen LogP contribution < -0.4 is 0 Å². The van der Waals surface area contributed by atoms with E-state index in [0.717, 1.165) is 0 Å². The molecular formula is C11H26O2. The molecule has 1 aliphatic rings. The zero-order valence-corrected chi connectivity index (χ0v) is 10.1. The maximum absolute atomic E-state index is 5.49. The first-order valence-corrected chi connectivity index (χ1v) is 5.26. The minimum Gasteiger partial charge on any atom is -0.388 e. The van der Waals surface area contributed by atoms with Crippen LogP contribution in [0.5, 0.6) is 0 Å². The van der Waals surface area contributed by atoms with E-state index in [-0.39, 0.29) is 0 Å². The van der Waals surface area contributed by atoms with Gasteiger partial charge in [0.2, 0.25) is 0 Å². The van der Waals surface area contributed by atoms with E-state index < -0.39 is 0 Å². The van der Waals surface area contributed by atoms with E-state index in [2.05, 4.69) is 18.6 Å². The third-order valence-electron chi connectivity index (χ3n) is 1.69. The van der Waals surface area contributed by atoms with Crippen LogP contribution in [0, 0.1) is 0 Å². The van der Waals surface area contributed by atoms with Crippen LogP contribution in [0.1, 0.15) is 47.0 Å². The molecule has 1 heterocycles. The first-order chi connectivity index (χ1) is 6.20. The van der Waals surface area contributed by atoms with Crippen molar-refractivity contribution in [3.05, 3.63) is 0 Å². The summed E-state index contributed by atoms with van der Waals surface area (Å²) in [7, 11) is 3.25. The molecule has 0 N–H and O–H groups in total. The summed E-state index contributed by atoms with van der Waals surface area (Å²) in [6.07, 6.45) is 4.88. The second-order valence-electron chi connectivity index (χ2n) is 3.10. The standard InChI is InChI=1S/C7H14O.C2H6O.C2H6/c1-6-4-3-5-7(2)8-6;1-3-2;1-2/h6-7H,3-5H2,1-2H3;1-2H3;1-2H3. The molecule has 0 aromatic rings. The van der Waals surface area contributed by atoms with E-state index in [1.165, 1.54) is 19.3 Å². The lowest BCUT2D eigenvalue weighted by molar-refractivity contribution is -0.0292. The Balaban J connectivity index is 0. The molecule has 0 aliphatic carbocycles. The van der Waals surface area contributed by atoms with Gasteiger partial charge in [-0.1, -0.05) is 13.8 Å². The highest BCUT2D eigenvalue weighted by molar-refractivity contribution is 4.63. The fraction of sp³-hybridized carbons (Fsp3) is 1.00. The average Bonchev–Trinajstić information content (AvgIpc) is 2.08. The lowest BCUT2D eigenvalue weighted by Crippen LogP contribution is -2.22. The Morgan fingerprint density at radius 1 is 1.00 bits per heavy atom. The molecule has 0 amide bonds. The van der Waals surface area contributed by atoms with Gasteiger partial charge >= 0.3 is 0 Å². The van der Waals surface area contributed by atoms with Gasteiger partial charge in [-0.25, -0.2) is 0 Å². The van der Waals surface area contributed by atoms with Gasteiger partial charge in [-0.2, -0.15) is 0 Å². The van der Waals surface area contributed by atoms with Crippen LogP contribution in [-0.2, 0) is 9.47 Å². The predicted molar refractivity (Wildman–Crippen MR) is 58.1 cm³/mol. The topological polar surface area (TPSA) is 18.5 Å². The smallest absolute Gasteiger partial charge is 0.0550 e. The second-order valence-corrected chi connectivity index (χ2v) is 3.10. The van der Waals surface area contributed by atoms with Crippen LogP contribution in [0.4, 0.5) is 0 Å². The molecule has 82 valence electrons. The molecule has 1 saturated heterocycles. The van der Waals surface area contributed by atoms with Gasteiger partial charge in [-0.3, -0.25) is 0 Å². The van der Waals surface area contributed by atoms with Gasteiger partial charge in [0.15, 0.2) is 0 Å². The van der Waals surface area contributed by atoms with Crippen molar-refractivity contribution in [3.63, 3.8) is 0 Å². The van der Waals surface area contributed by atoms with E-state index in [0.29, 0.717) is 12.2 Å². The quantitative estimate of drug-likeness (QED) is 0.584. The Bertz CT molecular complexity index is 76.2. The first-order valence-electron chi connectivity index (χ1n) is 5.26. The lowest BCUT2D eigenvalue weighted by atomic mass is 10.1. The van der Waals surface area contributed by atoms with Crippen LogP contribution in [0.3, 0.4) is 0 Å². The van der Waals surface area contributed by atoms with E-state index >= 15 is 0 Å². The number of rotatable bonds is 0. The Morgan fingerprint density at radius 3 is 1.46 bits per heavy atom. The zero-order chi connectivity index (χ0) is 10.7. The highest BCUT2D eigenvalue weighted by Gasteiger charge is 2.13. The molecule has 0 bridgehead atoms. The summed E-state index contributed by atoms with van der Waals surface area (Å²) in [5.41, 5.74) is 0. The Morgan fingerprint density at radius 2 is 1.31 bits per heavy atom. The second kappa shape index (κ2) is 11.9. The van der Waals surface area contributed by atoms with Gasteiger partial charge in [0.25, 0.3) is 0 Å². The molecule has 2 unspecified atom stereocenters. The van der Waals surface area contributed by atoms with E-state index in [1.54, 1.807) is 14.2 Å². The molecule has 0 aromatic carbocycles. The fourth-order valence-corrected chi connectivity index (χ4v) is 1.23. The summed E-state index contributed by atoms with van der Waals surface area (Å²) >= 11 is 0. The van der Waals surface area contributed by atoms with Crippen LogP contribution in [0.15, 0.2) is 0 Å². The van der Waals surface area contributed by atoms with Gasteiger partial charge in [-0.15, -0.1) is 0 Å². The van der Waals surface area contributed by atoms with E-state index in [9.17, 15) is 0 Å². The van der Waals surface area contributed by atoms with Crippen LogP contribution in [0.25, 0.3) is 0 Å². The predicted octanol–water partition coefficient (Wildman–Crippen LogP) is 3.25. The normalized spacial score (nSPS) is 26.3.